The molecule has 1 fully saturated rings. The molecule has 0 aromatic heterocycles. The molecule has 6 N–H and O–H groups in total. The highest BCUT2D eigenvalue weighted by molar-refractivity contribution is 5.58. The molecular formula is C25H27F6N5. The first-order chi connectivity index (χ1) is 17.0. The van der Waals surface area contributed by atoms with Gasteiger partial charge in [-0.1, -0.05) is 12.2 Å². The highest BCUT2D eigenvalue weighted by Crippen LogP contribution is 2.33. The normalized spacial score (nSPS) is 22.9. The van der Waals surface area contributed by atoms with E-state index in [9.17, 15) is 26.3 Å². The average molecular weight is 512 g/mol. The van der Waals surface area contributed by atoms with E-state index in [0.717, 1.165) is 48.9 Å². The summed E-state index contributed by atoms with van der Waals surface area (Å²) in [7, 11) is 0. The van der Waals surface area contributed by atoms with Crippen LogP contribution in [0.2, 0.25) is 0 Å². The molecule has 2 aliphatic heterocycles. The highest BCUT2D eigenvalue weighted by atomic mass is 19.4. The van der Waals surface area contributed by atoms with Crippen molar-refractivity contribution in [3.05, 3.63) is 88.9 Å². The fourth-order valence-electron chi connectivity index (χ4n) is 3.99. The van der Waals surface area contributed by atoms with Gasteiger partial charge in [0.25, 0.3) is 0 Å². The molecule has 2 atom stereocenters. The third kappa shape index (κ3) is 6.73. The number of fused-ring (bicyclic) bond motifs is 1. The van der Waals surface area contributed by atoms with Gasteiger partial charge in [-0.05, 0) is 61.5 Å². The van der Waals surface area contributed by atoms with Crippen LogP contribution in [-0.2, 0) is 6.18 Å². The van der Waals surface area contributed by atoms with Crippen LogP contribution in [0.5, 0.6) is 0 Å². The van der Waals surface area contributed by atoms with Crippen LogP contribution in [0.3, 0.4) is 0 Å². The Morgan fingerprint density at radius 3 is 2.39 bits per heavy atom. The van der Waals surface area contributed by atoms with E-state index >= 15 is 0 Å². The van der Waals surface area contributed by atoms with Crippen molar-refractivity contribution in [2.75, 3.05) is 11.9 Å². The summed E-state index contributed by atoms with van der Waals surface area (Å²) in [6.45, 7) is 0.600. The maximum Gasteiger partial charge on any atom is 0.416 e. The van der Waals surface area contributed by atoms with Gasteiger partial charge in [0.1, 0.15) is 6.17 Å². The molecule has 1 saturated carbocycles. The molecule has 0 radical (unpaired) electrons. The summed E-state index contributed by atoms with van der Waals surface area (Å²) in [5.74, 6) is 0. The van der Waals surface area contributed by atoms with Crippen molar-refractivity contribution >= 4 is 5.69 Å². The number of halogens is 6. The minimum Gasteiger partial charge on any atom is -0.405 e. The molecule has 4 rings (SSSR count). The van der Waals surface area contributed by atoms with E-state index in [1.807, 2.05) is 6.08 Å². The van der Waals surface area contributed by atoms with E-state index in [1.165, 1.54) is 12.1 Å². The Balaban J connectivity index is 1.56. The fraction of sp³-hybridized carbons (Fsp3) is 0.360. The van der Waals surface area contributed by atoms with Crippen LogP contribution >= 0.6 is 0 Å². The van der Waals surface area contributed by atoms with E-state index in [0.29, 0.717) is 29.7 Å². The number of allylic oxidation sites excluding steroid dienone is 5. The predicted molar refractivity (Wildman–Crippen MR) is 126 cm³/mol. The molecule has 1 aromatic carbocycles. The minimum absolute atomic E-state index is 0.158. The van der Waals surface area contributed by atoms with Gasteiger partial charge in [-0.15, -0.1) is 0 Å². The van der Waals surface area contributed by atoms with Gasteiger partial charge >= 0.3 is 12.4 Å². The second-order valence-corrected chi connectivity index (χ2v) is 8.88. The summed E-state index contributed by atoms with van der Waals surface area (Å²) < 4.78 is 79.1. The van der Waals surface area contributed by atoms with Crippen LogP contribution in [0.25, 0.3) is 0 Å². The smallest absolute Gasteiger partial charge is 0.405 e. The number of hydrogen-bond acceptors (Lipinski definition) is 5. The van der Waals surface area contributed by atoms with Crippen molar-refractivity contribution in [2.45, 2.75) is 49.9 Å². The number of anilines is 1. The third-order valence-corrected chi connectivity index (χ3v) is 6.01. The van der Waals surface area contributed by atoms with Crippen LogP contribution in [0.4, 0.5) is 32.0 Å². The SMILES string of the molecule is N/C=C\C=C(/CC1=CC=C2C(Nc3ccc(C(F)(F)F)cc3)=CC(CNC3CC3)NC2N1)C(F)(F)F. The predicted octanol–water partition coefficient (Wildman–Crippen LogP) is 4.82. The molecule has 2 unspecified atom stereocenters. The molecule has 1 aromatic rings. The van der Waals surface area contributed by atoms with Gasteiger partial charge in [-0.3, -0.25) is 5.32 Å². The number of nitrogens with two attached hydrogens (primary N) is 1. The Morgan fingerprint density at radius 1 is 1.06 bits per heavy atom. The number of alkyl halides is 6. The van der Waals surface area contributed by atoms with Gasteiger partial charge in [0, 0.05) is 53.3 Å². The summed E-state index contributed by atoms with van der Waals surface area (Å²) in [4.78, 5) is 0. The molecule has 0 bridgehead atoms. The fourth-order valence-corrected chi connectivity index (χ4v) is 3.99. The number of hydrogen-bond donors (Lipinski definition) is 5. The monoisotopic (exact) mass is 511 g/mol. The molecule has 0 amide bonds. The maximum absolute atomic E-state index is 13.5. The van der Waals surface area contributed by atoms with Gasteiger partial charge in [-0.2, -0.15) is 26.3 Å². The number of dihydropyridines is 1. The van der Waals surface area contributed by atoms with Crippen molar-refractivity contribution in [2.24, 2.45) is 5.73 Å². The standard InChI is InChI=1S/C25H27F6N5/c26-24(27,28)15-3-5-18(6-4-15)34-22-13-20(14-33-17-7-8-17)36-23-21(22)10-9-19(35-23)12-16(2-1-11-32)25(29,30)31/h1-6,9-11,13,17,20,23,33-36H,7-8,12,14,32H2/b11-1-,16-2+. The van der Waals surface area contributed by atoms with E-state index in [4.69, 9.17) is 5.73 Å². The van der Waals surface area contributed by atoms with E-state index in [2.05, 4.69) is 21.3 Å². The zero-order valence-corrected chi connectivity index (χ0v) is 19.2. The summed E-state index contributed by atoms with van der Waals surface area (Å²) in [5.41, 5.74) is 5.95. The maximum atomic E-state index is 13.5. The Labute approximate surface area is 204 Å². The zero-order valence-electron chi connectivity index (χ0n) is 19.2. The summed E-state index contributed by atoms with van der Waals surface area (Å²) in [6.07, 6.45) is 0.719. The second-order valence-electron chi connectivity index (χ2n) is 8.88. The first-order valence-electron chi connectivity index (χ1n) is 11.5. The van der Waals surface area contributed by atoms with E-state index in [-0.39, 0.29) is 12.5 Å². The lowest BCUT2D eigenvalue weighted by Crippen LogP contribution is -2.55. The van der Waals surface area contributed by atoms with Gasteiger partial charge < -0.3 is 21.7 Å². The van der Waals surface area contributed by atoms with Crippen LogP contribution in [0, 0.1) is 0 Å². The van der Waals surface area contributed by atoms with Crippen LogP contribution < -0.4 is 27.0 Å². The van der Waals surface area contributed by atoms with Crippen molar-refractivity contribution in [1.82, 2.24) is 16.0 Å². The van der Waals surface area contributed by atoms with Crippen LogP contribution in [-0.4, -0.2) is 31.0 Å². The molecule has 0 spiro atoms. The molecule has 3 aliphatic rings. The topological polar surface area (TPSA) is 74.1 Å². The minimum atomic E-state index is -4.52. The summed E-state index contributed by atoms with van der Waals surface area (Å²) in [6, 6.07) is 4.99. The van der Waals surface area contributed by atoms with Gasteiger partial charge in [0.15, 0.2) is 0 Å². The molecule has 11 heteroatoms. The lowest BCUT2D eigenvalue weighted by molar-refractivity contribution is -0.137. The summed E-state index contributed by atoms with van der Waals surface area (Å²) in [5, 5.41) is 13.1. The molecular weight excluding hydrogens is 484 g/mol. The third-order valence-electron chi connectivity index (χ3n) is 6.01. The Hall–Kier alpha value is -3.18. The molecule has 0 saturated heterocycles. The Morgan fingerprint density at radius 2 is 1.78 bits per heavy atom. The Kier molecular flexibility index (Phi) is 7.51. The molecule has 1 aliphatic carbocycles. The number of nitrogens with one attached hydrogen (secondary N) is 4. The average Bonchev–Trinajstić information content (AvgIpc) is 3.64. The van der Waals surface area contributed by atoms with Crippen molar-refractivity contribution in [3.63, 3.8) is 0 Å². The Bertz CT molecular complexity index is 1090. The first kappa shape index (κ1) is 25.9. The van der Waals surface area contributed by atoms with E-state index < -0.39 is 29.7 Å². The lowest BCUT2D eigenvalue weighted by atomic mass is 9.96. The van der Waals surface area contributed by atoms with Crippen molar-refractivity contribution < 1.29 is 26.3 Å². The first-order valence-corrected chi connectivity index (χ1v) is 11.5. The van der Waals surface area contributed by atoms with Crippen molar-refractivity contribution in [1.29, 1.82) is 0 Å². The quantitative estimate of drug-likeness (QED) is 0.256. The van der Waals surface area contributed by atoms with Crippen LogP contribution in [0.1, 0.15) is 24.8 Å². The van der Waals surface area contributed by atoms with E-state index in [1.54, 1.807) is 12.2 Å². The summed E-state index contributed by atoms with van der Waals surface area (Å²) >= 11 is 0. The van der Waals surface area contributed by atoms with Crippen LogP contribution in [0.15, 0.2) is 83.4 Å². The zero-order chi connectivity index (χ0) is 25.9. The van der Waals surface area contributed by atoms with Gasteiger partial charge in [0.05, 0.1) is 5.56 Å². The van der Waals surface area contributed by atoms with Gasteiger partial charge in [0.2, 0.25) is 0 Å². The van der Waals surface area contributed by atoms with Crippen molar-refractivity contribution in [3.8, 4) is 0 Å². The lowest BCUT2D eigenvalue weighted by Gasteiger charge is -2.37. The molecule has 5 nitrogen and oxygen atoms in total. The largest absolute Gasteiger partial charge is 0.416 e. The molecule has 36 heavy (non-hydrogen) atoms. The van der Waals surface area contributed by atoms with Gasteiger partial charge in [-0.25, -0.2) is 0 Å². The second kappa shape index (κ2) is 10.4. The molecule has 194 valence electrons. The molecule has 2 heterocycles. The highest BCUT2D eigenvalue weighted by Gasteiger charge is 2.36. The number of rotatable bonds is 8. The number of benzene rings is 1.